The van der Waals surface area contributed by atoms with E-state index in [1.54, 1.807) is 19.2 Å². The van der Waals surface area contributed by atoms with Gasteiger partial charge in [0.15, 0.2) is 9.84 Å². The van der Waals surface area contributed by atoms with Crippen molar-refractivity contribution in [3.63, 3.8) is 0 Å². The average molecular weight is 416 g/mol. The molecule has 1 aliphatic rings. The lowest BCUT2D eigenvalue weighted by Gasteiger charge is -2.18. The number of carbonyl (C=O) groups excluding carboxylic acids is 1. The predicted octanol–water partition coefficient (Wildman–Crippen LogP) is 3.56. The first-order valence-corrected chi connectivity index (χ1v) is 11.5. The van der Waals surface area contributed by atoms with Gasteiger partial charge in [-0.1, -0.05) is 37.1 Å². The summed E-state index contributed by atoms with van der Waals surface area (Å²) < 4.78 is 28.4. The minimum atomic E-state index is -3.24. The smallest absolute Gasteiger partial charge is 0.260 e. The van der Waals surface area contributed by atoms with Crippen LogP contribution in [-0.4, -0.2) is 49.0 Å². The number of hydrogen-bond donors (Lipinski definition) is 0. The lowest BCUT2D eigenvalue weighted by Crippen LogP contribution is -2.28. The van der Waals surface area contributed by atoms with E-state index in [9.17, 15) is 13.2 Å². The quantitative estimate of drug-likeness (QED) is 0.687. The third-order valence-corrected chi connectivity index (χ3v) is 5.44. The van der Waals surface area contributed by atoms with Crippen molar-refractivity contribution >= 4 is 15.7 Å². The Kier molecular flexibility index (Phi) is 6.64. The van der Waals surface area contributed by atoms with Gasteiger partial charge in [-0.3, -0.25) is 4.79 Å². The van der Waals surface area contributed by atoms with Crippen molar-refractivity contribution in [2.75, 3.05) is 19.8 Å². The van der Waals surface area contributed by atoms with Crippen molar-refractivity contribution in [1.29, 1.82) is 0 Å². The Morgan fingerprint density at radius 3 is 2.59 bits per heavy atom. The third-order valence-electron chi connectivity index (χ3n) is 4.75. The fourth-order valence-electron chi connectivity index (χ4n) is 3.25. The third kappa shape index (κ3) is 5.87. The lowest BCUT2D eigenvalue weighted by molar-refractivity contribution is 0.0806. The molecule has 0 radical (unpaired) electrons. The number of likely N-dealkylation sites (N-methyl/N-ethyl adjacent to an activating group) is 1. The number of rotatable bonds is 7. The maximum absolute atomic E-state index is 12.9. The maximum atomic E-state index is 12.9. The van der Waals surface area contributed by atoms with Crippen LogP contribution in [0, 0.1) is 0 Å². The first-order valence-electron chi connectivity index (χ1n) is 9.55. The summed E-state index contributed by atoms with van der Waals surface area (Å²) in [4.78, 5) is 23.3. The molecule has 0 saturated heterocycles. The molecule has 3 rings (SSSR count). The van der Waals surface area contributed by atoms with Crippen LogP contribution in [0.15, 0.2) is 48.0 Å². The molecule has 1 aromatic heterocycles. The second kappa shape index (κ2) is 9.17. The number of carbonyl (C=O) groups is 1. The largest absolute Gasteiger partial charge is 0.438 e. The molecule has 0 aliphatic heterocycles. The zero-order chi connectivity index (χ0) is 20.9. The van der Waals surface area contributed by atoms with Gasteiger partial charge in [-0.05, 0) is 25.0 Å². The molecule has 0 N–H and O–H groups in total. The van der Waals surface area contributed by atoms with Gasteiger partial charge in [-0.15, -0.1) is 0 Å². The molecule has 1 aromatic carbocycles. The summed E-state index contributed by atoms with van der Waals surface area (Å²) in [5.41, 5.74) is 0.242. The summed E-state index contributed by atoms with van der Waals surface area (Å²) >= 11 is 0. The lowest BCUT2D eigenvalue weighted by atomic mass is 10.1. The average Bonchev–Trinajstić information content (AvgIpc) is 3.22. The standard InChI is InChI=1S/C21H25N3O4S/c1-24(13-8-14-29(2,26)27)21(25)18-15-22-19(16-9-6-7-10-16)23-20(18)28-17-11-4-3-5-12-17/h3-5,8,11-12,14-16H,6-7,9-10,13H2,1-2H3/b14-8+. The minimum Gasteiger partial charge on any atom is -0.438 e. The van der Waals surface area contributed by atoms with Gasteiger partial charge in [0.25, 0.3) is 5.91 Å². The zero-order valence-electron chi connectivity index (χ0n) is 16.6. The summed E-state index contributed by atoms with van der Waals surface area (Å²) in [7, 11) is -1.65. The van der Waals surface area contributed by atoms with Crippen LogP contribution in [0.2, 0.25) is 0 Å². The monoisotopic (exact) mass is 415 g/mol. The van der Waals surface area contributed by atoms with Crippen molar-refractivity contribution in [1.82, 2.24) is 14.9 Å². The van der Waals surface area contributed by atoms with Crippen LogP contribution in [-0.2, 0) is 9.84 Å². The van der Waals surface area contributed by atoms with Gasteiger partial charge < -0.3 is 9.64 Å². The van der Waals surface area contributed by atoms with Gasteiger partial charge in [0.1, 0.15) is 17.1 Å². The molecule has 0 spiro atoms. The Bertz CT molecular complexity index is 984. The van der Waals surface area contributed by atoms with Crippen LogP contribution in [0.5, 0.6) is 11.6 Å². The maximum Gasteiger partial charge on any atom is 0.260 e. The highest BCUT2D eigenvalue weighted by molar-refractivity contribution is 7.93. The summed E-state index contributed by atoms with van der Waals surface area (Å²) in [6.45, 7) is 0.140. The Morgan fingerprint density at radius 1 is 1.24 bits per heavy atom. The summed E-state index contributed by atoms with van der Waals surface area (Å²) in [5, 5.41) is 1.08. The number of sulfone groups is 1. The molecule has 1 fully saturated rings. The normalized spacial score (nSPS) is 15.0. The van der Waals surface area contributed by atoms with E-state index >= 15 is 0 Å². The van der Waals surface area contributed by atoms with E-state index in [4.69, 9.17) is 4.74 Å². The molecule has 1 saturated carbocycles. The van der Waals surface area contributed by atoms with Crippen LogP contribution in [0.3, 0.4) is 0 Å². The van der Waals surface area contributed by atoms with E-state index < -0.39 is 9.84 Å². The number of para-hydroxylation sites is 1. The first kappa shape index (κ1) is 21.0. The van der Waals surface area contributed by atoms with Gasteiger partial charge in [0.2, 0.25) is 5.88 Å². The van der Waals surface area contributed by atoms with Gasteiger partial charge in [-0.25, -0.2) is 13.4 Å². The molecule has 1 amide bonds. The number of amides is 1. The zero-order valence-corrected chi connectivity index (χ0v) is 17.4. The van der Waals surface area contributed by atoms with Gasteiger partial charge in [-0.2, -0.15) is 4.98 Å². The van der Waals surface area contributed by atoms with E-state index in [0.29, 0.717) is 11.6 Å². The molecule has 1 heterocycles. The number of aromatic nitrogens is 2. The first-order chi connectivity index (χ1) is 13.8. The summed E-state index contributed by atoms with van der Waals surface area (Å²) in [6, 6.07) is 9.16. The molecule has 7 nitrogen and oxygen atoms in total. The Morgan fingerprint density at radius 2 is 1.93 bits per heavy atom. The Balaban J connectivity index is 1.87. The molecule has 0 unspecified atom stereocenters. The highest BCUT2D eigenvalue weighted by Crippen LogP contribution is 2.34. The predicted molar refractivity (Wildman–Crippen MR) is 111 cm³/mol. The van der Waals surface area contributed by atoms with Crippen molar-refractivity contribution in [2.24, 2.45) is 0 Å². The van der Waals surface area contributed by atoms with Crippen LogP contribution in [0.25, 0.3) is 0 Å². The number of ether oxygens (including phenoxy) is 1. The summed E-state index contributed by atoms with van der Waals surface area (Å²) in [5.74, 6) is 1.44. The van der Waals surface area contributed by atoms with E-state index in [1.165, 1.54) is 17.2 Å². The molecule has 1 aliphatic carbocycles. The van der Waals surface area contributed by atoms with Crippen molar-refractivity contribution in [2.45, 2.75) is 31.6 Å². The van der Waals surface area contributed by atoms with Crippen LogP contribution in [0.1, 0.15) is 47.8 Å². The number of benzene rings is 1. The molecular formula is C21H25N3O4S. The van der Waals surface area contributed by atoms with E-state index in [2.05, 4.69) is 9.97 Å². The van der Waals surface area contributed by atoms with E-state index in [0.717, 1.165) is 37.3 Å². The van der Waals surface area contributed by atoms with Gasteiger partial charge in [0, 0.05) is 37.4 Å². The molecule has 2 aromatic rings. The van der Waals surface area contributed by atoms with Gasteiger partial charge >= 0.3 is 0 Å². The Hall–Kier alpha value is -2.74. The SMILES string of the molecule is CN(C/C=C/S(C)(=O)=O)C(=O)c1cnc(C2CCCC2)nc1Oc1ccccc1. The molecule has 0 atom stereocenters. The molecule has 8 heteroatoms. The minimum absolute atomic E-state index is 0.140. The second-order valence-electron chi connectivity index (χ2n) is 7.23. The second-order valence-corrected chi connectivity index (χ2v) is 9.16. The molecular weight excluding hydrogens is 390 g/mol. The van der Waals surface area contributed by atoms with Crippen molar-refractivity contribution in [3.05, 3.63) is 59.4 Å². The fourth-order valence-corrected chi connectivity index (χ4v) is 3.68. The number of hydrogen-bond acceptors (Lipinski definition) is 6. The fraction of sp³-hybridized carbons (Fsp3) is 0.381. The van der Waals surface area contributed by atoms with E-state index in [-0.39, 0.29) is 29.8 Å². The Labute approximate surface area is 171 Å². The number of nitrogens with zero attached hydrogens (tertiary/aromatic N) is 3. The van der Waals surface area contributed by atoms with Crippen LogP contribution >= 0.6 is 0 Å². The van der Waals surface area contributed by atoms with Crippen molar-refractivity contribution in [3.8, 4) is 11.6 Å². The topological polar surface area (TPSA) is 89.5 Å². The van der Waals surface area contributed by atoms with Gasteiger partial charge in [0.05, 0.1) is 0 Å². The highest BCUT2D eigenvalue weighted by Gasteiger charge is 2.24. The van der Waals surface area contributed by atoms with Crippen molar-refractivity contribution < 1.29 is 17.9 Å². The van der Waals surface area contributed by atoms with E-state index in [1.807, 2.05) is 18.2 Å². The van der Waals surface area contributed by atoms with Crippen LogP contribution in [0.4, 0.5) is 0 Å². The van der Waals surface area contributed by atoms with Crippen LogP contribution < -0.4 is 4.74 Å². The molecule has 0 bridgehead atoms. The highest BCUT2D eigenvalue weighted by atomic mass is 32.2. The molecule has 29 heavy (non-hydrogen) atoms. The molecule has 154 valence electrons. The summed E-state index contributed by atoms with van der Waals surface area (Å²) in [6.07, 6.45) is 8.42.